The molecule has 0 amide bonds. The predicted octanol–water partition coefficient (Wildman–Crippen LogP) is 4.23. The molecule has 0 aromatic heterocycles. The van der Waals surface area contributed by atoms with Gasteiger partial charge in [-0.3, -0.25) is 10.1 Å². The van der Waals surface area contributed by atoms with E-state index in [1.165, 1.54) is 38.9 Å². The van der Waals surface area contributed by atoms with Gasteiger partial charge < -0.3 is 10.1 Å². The molecule has 0 spiro atoms. The Morgan fingerprint density at radius 1 is 1.38 bits per heavy atom. The van der Waals surface area contributed by atoms with E-state index in [9.17, 15) is 10.1 Å². The molecule has 0 bridgehead atoms. The Morgan fingerprint density at radius 2 is 2.19 bits per heavy atom. The van der Waals surface area contributed by atoms with Gasteiger partial charge in [0.05, 0.1) is 18.1 Å². The van der Waals surface area contributed by atoms with E-state index >= 15 is 0 Å². The van der Waals surface area contributed by atoms with Crippen molar-refractivity contribution in [2.75, 3.05) is 19.0 Å². The number of methoxy groups -OCH3 is 1. The highest BCUT2D eigenvalue weighted by atomic mass is 16.6. The highest BCUT2D eigenvalue weighted by molar-refractivity contribution is 5.56. The molecule has 1 N–H and O–H groups in total. The number of non-ortho nitro benzene ring substituents is 1. The van der Waals surface area contributed by atoms with Crippen molar-refractivity contribution >= 4 is 11.4 Å². The zero-order valence-corrected chi connectivity index (χ0v) is 12.8. The summed E-state index contributed by atoms with van der Waals surface area (Å²) in [5, 5.41) is 14.2. The van der Waals surface area contributed by atoms with Crippen molar-refractivity contribution in [1.29, 1.82) is 0 Å². The maximum atomic E-state index is 10.9. The number of nitro benzene ring substituents is 1. The number of nitrogens with zero attached hydrogens (tertiary/aromatic N) is 1. The molecule has 1 saturated carbocycles. The molecule has 1 fully saturated rings. The van der Waals surface area contributed by atoms with Crippen LogP contribution in [0.2, 0.25) is 0 Å². The fourth-order valence-corrected chi connectivity index (χ4v) is 3.15. The number of benzene rings is 1. The number of hydrogen-bond acceptors (Lipinski definition) is 4. The molecule has 1 aliphatic carbocycles. The molecular weight excluding hydrogens is 268 g/mol. The number of ether oxygens (including phenoxy) is 1. The van der Waals surface area contributed by atoms with Crippen LogP contribution in [-0.4, -0.2) is 18.6 Å². The summed E-state index contributed by atoms with van der Waals surface area (Å²) in [5.74, 6) is 2.13. The number of anilines is 1. The molecule has 1 aromatic carbocycles. The Kier molecular flexibility index (Phi) is 5.42. The topological polar surface area (TPSA) is 64.4 Å². The second kappa shape index (κ2) is 7.29. The first-order chi connectivity index (χ1) is 10.1. The van der Waals surface area contributed by atoms with E-state index in [0.717, 1.165) is 30.5 Å². The first-order valence-electron chi connectivity index (χ1n) is 7.66. The van der Waals surface area contributed by atoms with E-state index in [2.05, 4.69) is 12.2 Å². The van der Waals surface area contributed by atoms with E-state index in [0.29, 0.717) is 5.75 Å². The summed E-state index contributed by atoms with van der Waals surface area (Å²) in [6.07, 6.45) is 6.42. The Balaban J connectivity index is 1.90. The molecular formula is C16H24N2O3. The molecule has 2 rings (SSSR count). The van der Waals surface area contributed by atoms with Gasteiger partial charge in [-0.1, -0.05) is 26.2 Å². The van der Waals surface area contributed by atoms with E-state index in [1.54, 1.807) is 12.1 Å². The van der Waals surface area contributed by atoms with Crippen molar-refractivity contribution in [3.8, 4) is 5.75 Å². The lowest BCUT2D eigenvalue weighted by Crippen LogP contribution is -2.16. The minimum atomic E-state index is -0.392. The van der Waals surface area contributed by atoms with Crippen LogP contribution in [-0.2, 0) is 0 Å². The molecule has 5 heteroatoms. The van der Waals surface area contributed by atoms with E-state index in [4.69, 9.17) is 4.74 Å². The number of rotatable bonds is 6. The normalized spacial score (nSPS) is 21.8. The molecule has 1 aliphatic rings. The summed E-state index contributed by atoms with van der Waals surface area (Å²) in [6.45, 7) is 3.17. The zero-order valence-electron chi connectivity index (χ0n) is 12.8. The molecule has 2 unspecified atom stereocenters. The van der Waals surface area contributed by atoms with Gasteiger partial charge in [-0.2, -0.15) is 0 Å². The molecule has 0 saturated heterocycles. The van der Waals surface area contributed by atoms with Crippen LogP contribution in [0.5, 0.6) is 5.75 Å². The van der Waals surface area contributed by atoms with Crippen LogP contribution in [0.3, 0.4) is 0 Å². The highest BCUT2D eigenvalue weighted by Gasteiger charge is 2.18. The summed E-state index contributed by atoms with van der Waals surface area (Å²) in [4.78, 5) is 10.5. The molecule has 21 heavy (non-hydrogen) atoms. The summed E-state index contributed by atoms with van der Waals surface area (Å²) >= 11 is 0. The van der Waals surface area contributed by atoms with Crippen LogP contribution in [0.25, 0.3) is 0 Å². The fourth-order valence-electron chi connectivity index (χ4n) is 3.15. The van der Waals surface area contributed by atoms with Crippen molar-refractivity contribution in [2.24, 2.45) is 11.8 Å². The molecule has 1 aromatic rings. The van der Waals surface area contributed by atoms with Crippen LogP contribution in [0.1, 0.15) is 39.0 Å². The highest BCUT2D eigenvalue weighted by Crippen LogP contribution is 2.31. The maximum absolute atomic E-state index is 10.9. The second-order valence-electron chi connectivity index (χ2n) is 6.03. The molecule has 0 radical (unpaired) electrons. The minimum Gasteiger partial charge on any atom is -0.496 e. The van der Waals surface area contributed by atoms with Crippen LogP contribution >= 0.6 is 0 Å². The van der Waals surface area contributed by atoms with Gasteiger partial charge in [0, 0.05) is 24.4 Å². The Morgan fingerprint density at radius 3 is 2.86 bits per heavy atom. The maximum Gasteiger partial charge on any atom is 0.275 e. The minimum absolute atomic E-state index is 0.0585. The van der Waals surface area contributed by atoms with Gasteiger partial charge in [0.2, 0.25) is 0 Å². The number of hydrogen-bond donors (Lipinski definition) is 1. The van der Waals surface area contributed by atoms with Gasteiger partial charge >= 0.3 is 0 Å². The summed E-state index contributed by atoms with van der Waals surface area (Å²) < 4.78 is 5.11. The second-order valence-corrected chi connectivity index (χ2v) is 6.03. The average Bonchev–Trinajstić information content (AvgIpc) is 2.47. The average molecular weight is 292 g/mol. The Labute approximate surface area is 125 Å². The van der Waals surface area contributed by atoms with Crippen molar-refractivity contribution < 1.29 is 9.66 Å². The molecule has 116 valence electrons. The quantitative estimate of drug-likeness (QED) is 0.629. The summed E-state index contributed by atoms with van der Waals surface area (Å²) in [7, 11) is 1.52. The summed E-state index contributed by atoms with van der Waals surface area (Å²) in [6, 6.07) is 4.80. The lowest BCUT2D eigenvalue weighted by Gasteiger charge is -2.26. The number of nitro groups is 1. The van der Waals surface area contributed by atoms with Crippen LogP contribution in [0, 0.1) is 22.0 Å². The van der Waals surface area contributed by atoms with Gasteiger partial charge in [-0.15, -0.1) is 0 Å². The van der Waals surface area contributed by atoms with Crippen molar-refractivity contribution in [1.82, 2.24) is 0 Å². The van der Waals surface area contributed by atoms with Gasteiger partial charge in [0.15, 0.2) is 0 Å². The lowest BCUT2D eigenvalue weighted by molar-refractivity contribution is -0.384. The van der Waals surface area contributed by atoms with E-state index in [1.807, 2.05) is 0 Å². The number of nitrogens with one attached hydrogen (secondary N) is 1. The first-order valence-corrected chi connectivity index (χ1v) is 7.66. The first kappa shape index (κ1) is 15.6. The standard InChI is InChI=1S/C16H24N2O3/c1-12-4-3-5-13(8-12)6-7-17-14-9-15(18(19)20)11-16(10-14)21-2/h9-13,17H,3-8H2,1-2H3. The predicted molar refractivity (Wildman–Crippen MR) is 83.9 cm³/mol. The van der Waals surface area contributed by atoms with Crippen molar-refractivity contribution in [2.45, 2.75) is 39.0 Å². The van der Waals surface area contributed by atoms with Crippen LogP contribution in [0.4, 0.5) is 11.4 Å². The van der Waals surface area contributed by atoms with Crippen molar-refractivity contribution in [3.05, 3.63) is 28.3 Å². The Bertz CT molecular complexity index is 490. The SMILES string of the molecule is COc1cc(NCCC2CCCC(C)C2)cc([N+](=O)[O-])c1. The van der Waals surface area contributed by atoms with Gasteiger partial charge in [0.1, 0.15) is 5.75 Å². The lowest BCUT2D eigenvalue weighted by atomic mass is 9.81. The van der Waals surface area contributed by atoms with Crippen LogP contribution < -0.4 is 10.1 Å². The van der Waals surface area contributed by atoms with Crippen LogP contribution in [0.15, 0.2) is 18.2 Å². The Hall–Kier alpha value is -1.78. The summed E-state index contributed by atoms with van der Waals surface area (Å²) in [5.41, 5.74) is 0.813. The van der Waals surface area contributed by atoms with E-state index < -0.39 is 4.92 Å². The third-order valence-electron chi connectivity index (χ3n) is 4.26. The largest absolute Gasteiger partial charge is 0.496 e. The monoisotopic (exact) mass is 292 g/mol. The molecule has 0 heterocycles. The smallest absolute Gasteiger partial charge is 0.275 e. The van der Waals surface area contributed by atoms with Gasteiger partial charge in [-0.05, 0) is 24.7 Å². The van der Waals surface area contributed by atoms with Crippen molar-refractivity contribution in [3.63, 3.8) is 0 Å². The van der Waals surface area contributed by atoms with Gasteiger partial charge in [-0.25, -0.2) is 0 Å². The third-order valence-corrected chi connectivity index (χ3v) is 4.26. The van der Waals surface area contributed by atoms with Gasteiger partial charge in [0.25, 0.3) is 5.69 Å². The zero-order chi connectivity index (χ0) is 15.2. The fraction of sp³-hybridized carbons (Fsp3) is 0.625. The molecule has 2 atom stereocenters. The van der Waals surface area contributed by atoms with E-state index in [-0.39, 0.29) is 5.69 Å². The third kappa shape index (κ3) is 4.62. The molecule has 5 nitrogen and oxygen atoms in total. The molecule has 0 aliphatic heterocycles.